The van der Waals surface area contributed by atoms with Gasteiger partial charge in [0.1, 0.15) is 0 Å². The molecule has 4 nitrogen and oxygen atoms in total. The number of halogens is 1. The van der Waals surface area contributed by atoms with E-state index in [1.54, 1.807) is 0 Å². The number of hydrogen-bond donors (Lipinski definition) is 2. The van der Waals surface area contributed by atoms with Gasteiger partial charge in [0.05, 0.1) is 0 Å². The van der Waals surface area contributed by atoms with Crippen molar-refractivity contribution in [2.45, 2.75) is 39.3 Å². The second kappa shape index (κ2) is 9.82. The topological polar surface area (TPSA) is 58.4 Å². The molecular weight excluding hydrogens is 298 g/mol. The summed E-state index contributed by atoms with van der Waals surface area (Å²) in [5, 5.41) is 2.88. The molecule has 1 aliphatic heterocycles. The van der Waals surface area contributed by atoms with Crippen LogP contribution in [0.15, 0.2) is 24.3 Å². The number of likely N-dealkylation sites (tertiary alicyclic amines) is 1. The second-order valence-electron chi connectivity index (χ2n) is 6.11. The van der Waals surface area contributed by atoms with Gasteiger partial charge >= 0.3 is 0 Å². The summed E-state index contributed by atoms with van der Waals surface area (Å²) in [6, 6.07) is 8.55. The third-order valence-electron chi connectivity index (χ3n) is 4.03. The third-order valence-corrected chi connectivity index (χ3v) is 4.03. The first-order chi connectivity index (χ1) is 10.2. The maximum absolute atomic E-state index is 11.4. The smallest absolute Gasteiger partial charge is 0.221 e. The van der Waals surface area contributed by atoms with E-state index in [9.17, 15) is 4.79 Å². The predicted octanol–water partition coefficient (Wildman–Crippen LogP) is 2.31. The fraction of sp³-hybridized carbons (Fsp3) is 0.588. The molecule has 0 aliphatic carbocycles. The van der Waals surface area contributed by atoms with Gasteiger partial charge in [-0.25, -0.2) is 0 Å². The molecule has 2 rings (SSSR count). The average molecular weight is 326 g/mol. The number of hydrogen-bond acceptors (Lipinski definition) is 3. The number of nitrogens with one attached hydrogen (secondary N) is 1. The third kappa shape index (κ3) is 6.34. The normalized spacial score (nSPS) is 18.5. The molecule has 0 radical (unpaired) electrons. The van der Waals surface area contributed by atoms with Gasteiger partial charge in [-0.2, -0.15) is 0 Å². The van der Waals surface area contributed by atoms with Crippen LogP contribution >= 0.6 is 12.4 Å². The molecule has 124 valence electrons. The molecule has 3 N–H and O–H groups in total. The maximum Gasteiger partial charge on any atom is 0.221 e. The highest BCUT2D eigenvalue weighted by atomic mass is 35.5. The quantitative estimate of drug-likeness (QED) is 0.843. The number of piperidine rings is 1. The summed E-state index contributed by atoms with van der Waals surface area (Å²) >= 11 is 0. The zero-order chi connectivity index (χ0) is 15.1. The van der Waals surface area contributed by atoms with E-state index in [-0.39, 0.29) is 18.3 Å². The molecule has 1 atom stereocenters. The summed E-state index contributed by atoms with van der Waals surface area (Å²) in [6.07, 6.45) is 3.07. The van der Waals surface area contributed by atoms with Crippen LogP contribution in [0.25, 0.3) is 0 Å². The van der Waals surface area contributed by atoms with Crippen molar-refractivity contribution in [3.8, 4) is 0 Å². The number of nitrogens with two attached hydrogens (primary N) is 1. The number of nitrogens with zero attached hydrogens (tertiary/aromatic N) is 1. The van der Waals surface area contributed by atoms with Crippen molar-refractivity contribution in [3.05, 3.63) is 35.4 Å². The molecule has 1 aromatic carbocycles. The first-order valence-electron chi connectivity index (χ1n) is 7.94. The molecule has 22 heavy (non-hydrogen) atoms. The lowest BCUT2D eigenvalue weighted by Crippen LogP contribution is -2.33. The van der Waals surface area contributed by atoms with E-state index >= 15 is 0 Å². The van der Waals surface area contributed by atoms with E-state index < -0.39 is 0 Å². The Morgan fingerprint density at radius 3 is 2.64 bits per heavy atom. The van der Waals surface area contributed by atoms with E-state index in [1.165, 1.54) is 31.5 Å². The van der Waals surface area contributed by atoms with E-state index in [2.05, 4.69) is 41.4 Å². The van der Waals surface area contributed by atoms with Crippen LogP contribution in [0, 0.1) is 5.92 Å². The molecule has 1 saturated heterocycles. The van der Waals surface area contributed by atoms with Crippen LogP contribution in [-0.4, -0.2) is 30.4 Å². The fourth-order valence-corrected chi connectivity index (χ4v) is 2.87. The number of carbonyl (C=O) groups excluding carboxylic acids is 1. The lowest BCUT2D eigenvalue weighted by molar-refractivity contribution is -0.121. The van der Waals surface area contributed by atoms with Crippen molar-refractivity contribution in [3.63, 3.8) is 0 Å². The number of rotatable bonds is 6. The number of amides is 1. The monoisotopic (exact) mass is 325 g/mol. The molecule has 1 aromatic rings. The van der Waals surface area contributed by atoms with Crippen LogP contribution in [-0.2, 0) is 17.9 Å². The molecule has 0 spiro atoms. The van der Waals surface area contributed by atoms with Crippen molar-refractivity contribution in [2.24, 2.45) is 11.7 Å². The molecule has 1 heterocycles. The van der Waals surface area contributed by atoms with E-state index in [0.717, 1.165) is 18.0 Å². The van der Waals surface area contributed by atoms with Gasteiger partial charge in [0, 0.05) is 32.6 Å². The molecule has 0 aromatic heterocycles. The van der Waals surface area contributed by atoms with Gasteiger partial charge in [0.2, 0.25) is 5.91 Å². The standard InChI is InChI=1S/C17H27N3O.ClH/c1-14-3-2-10-20(12-14)13-16-6-4-15(5-7-16)11-19-17(21)8-9-18;/h4-7,14H,2-3,8-13,18H2,1H3,(H,19,21);1H. The minimum Gasteiger partial charge on any atom is -0.352 e. The Bertz CT molecular complexity index is 450. The molecule has 1 fully saturated rings. The van der Waals surface area contributed by atoms with E-state index in [4.69, 9.17) is 5.73 Å². The largest absolute Gasteiger partial charge is 0.352 e. The summed E-state index contributed by atoms with van der Waals surface area (Å²) in [6.45, 7) is 6.76. The van der Waals surface area contributed by atoms with Gasteiger partial charge in [0.15, 0.2) is 0 Å². The summed E-state index contributed by atoms with van der Waals surface area (Å²) in [5.74, 6) is 0.833. The summed E-state index contributed by atoms with van der Waals surface area (Å²) in [5.41, 5.74) is 7.83. The van der Waals surface area contributed by atoms with Gasteiger partial charge in [0.25, 0.3) is 0 Å². The van der Waals surface area contributed by atoms with Crippen molar-refractivity contribution in [1.29, 1.82) is 0 Å². The van der Waals surface area contributed by atoms with Gasteiger partial charge in [-0.3, -0.25) is 9.69 Å². The number of carbonyl (C=O) groups is 1. The Kier molecular flexibility index (Phi) is 8.46. The molecule has 1 aliphatic rings. The van der Waals surface area contributed by atoms with Gasteiger partial charge in [-0.15, -0.1) is 12.4 Å². The Morgan fingerprint density at radius 1 is 1.32 bits per heavy atom. The van der Waals surface area contributed by atoms with Crippen molar-refractivity contribution >= 4 is 18.3 Å². The van der Waals surface area contributed by atoms with E-state index in [0.29, 0.717) is 19.5 Å². The van der Waals surface area contributed by atoms with Crippen LogP contribution in [0.5, 0.6) is 0 Å². The lowest BCUT2D eigenvalue weighted by atomic mass is 9.99. The van der Waals surface area contributed by atoms with E-state index in [1.807, 2.05) is 0 Å². The Hall–Kier alpha value is -1.10. The molecule has 0 bridgehead atoms. The predicted molar refractivity (Wildman–Crippen MR) is 92.9 cm³/mol. The summed E-state index contributed by atoms with van der Waals surface area (Å²) < 4.78 is 0. The molecule has 1 unspecified atom stereocenters. The average Bonchev–Trinajstić information content (AvgIpc) is 2.47. The zero-order valence-corrected chi connectivity index (χ0v) is 14.2. The molecule has 1 amide bonds. The Morgan fingerprint density at radius 2 is 2.00 bits per heavy atom. The molecular formula is C17H28ClN3O. The minimum absolute atomic E-state index is 0. The highest BCUT2D eigenvalue weighted by Crippen LogP contribution is 2.18. The molecule has 0 saturated carbocycles. The first kappa shape index (κ1) is 18.9. The van der Waals surface area contributed by atoms with Crippen LogP contribution in [0.1, 0.15) is 37.3 Å². The Balaban J connectivity index is 0.00000242. The van der Waals surface area contributed by atoms with Crippen molar-refractivity contribution in [2.75, 3.05) is 19.6 Å². The Labute approximate surface area is 139 Å². The number of benzene rings is 1. The SMILES string of the molecule is CC1CCCN(Cc2ccc(CNC(=O)CCN)cc2)C1.Cl. The highest BCUT2D eigenvalue weighted by molar-refractivity contribution is 5.85. The second-order valence-corrected chi connectivity index (χ2v) is 6.11. The van der Waals surface area contributed by atoms with Crippen LogP contribution in [0.3, 0.4) is 0 Å². The maximum atomic E-state index is 11.4. The van der Waals surface area contributed by atoms with Crippen LogP contribution in [0.4, 0.5) is 0 Å². The summed E-state index contributed by atoms with van der Waals surface area (Å²) in [7, 11) is 0. The first-order valence-corrected chi connectivity index (χ1v) is 7.94. The molecule has 5 heteroatoms. The van der Waals surface area contributed by atoms with Crippen LogP contribution in [0.2, 0.25) is 0 Å². The van der Waals surface area contributed by atoms with Crippen molar-refractivity contribution < 1.29 is 4.79 Å². The minimum atomic E-state index is 0. The summed E-state index contributed by atoms with van der Waals surface area (Å²) in [4.78, 5) is 13.9. The van der Waals surface area contributed by atoms with Gasteiger partial charge in [-0.1, -0.05) is 31.2 Å². The van der Waals surface area contributed by atoms with Crippen molar-refractivity contribution in [1.82, 2.24) is 10.2 Å². The van der Waals surface area contributed by atoms with Gasteiger partial charge < -0.3 is 11.1 Å². The zero-order valence-electron chi connectivity index (χ0n) is 13.4. The lowest BCUT2D eigenvalue weighted by Gasteiger charge is -2.30. The highest BCUT2D eigenvalue weighted by Gasteiger charge is 2.15. The fourth-order valence-electron chi connectivity index (χ4n) is 2.87. The van der Waals surface area contributed by atoms with Crippen LogP contribution < -0.4 is 11.1 Å². The van der Waals surface area contributed by atoms with Gasteiger partial charge in [-0.05, 0) is 36.4 Å².